The number of benzene rings is 1. The maximum atomic E-state index is 10.7. The van der Waals surface area contributed by atoms with Crippen molar-refractivity contribution in [1.82, 2.24) is 4.98 Å². The molecule has 98 valence electrons. The van der Waals surface area contributed by atoms with Crippen LogP contribution < -0.4 is 4.74 Å². The molecule has 3 nitrogen and oxygen atoms in total. The SMILES string of the molecule is Cc1cc(OCCCc2ccncc2)ccc1C=O. The molecule has 0 aliphatic carbocycles. The van der Waals surface area contributed by atoms with Gasteiger partial charge in [0.2, 0.25) is 0 Å². The summed E-state index contributed by atoms with van der Waals surface area (Å²) < 4.78 is 5.68. The van der Waals surface area contributed by atoms with Crippen LogP contribution >= 0.6 is 0 Å². The summed E-state index contributed by atoms with van der Waals surface area (Å²) in [6.07, 6.45) is 6.41. The van der Waals surface area contributed by atoms with Gasteiger partial charge in [0.1, 0.15) is 12.0 Å². The van der Waals surface area contributed by atoms with Gasteiger partial charge in [0.25, 0.3) is 0 Å². The summed E-state index contributed by atoms with van der Waals surface area (Å²) in [5.74, 6) is 0.817. The minimum absolute atomic E-state index is 0.669. The van der Waals surface area contributed by atoms with Gasteiger partial charge in [0.05, 0.1) is 6.61 Å². The van der Waals surface area contributed by atoms with Gasteiger partial charge in [0, 0.05) is 18.0 Å². The average molecular weight is 255 g/mol. The predicted octanol–water partition coefficient (Wildman–Crippen LogP) is 3.21. The van der Waals surface area contributed by atoms with Crippen LogP contribution in [0.5, 0.6) is 5.75 Å². The van der Waals surface area contributed by atoms with Crippen LogP contribution in [0, 0.1) is 6.92 Å². The van der Waals surface area contributed by atoms with E-state index in [-0.39, 0.29) is 0 Å². The number of rotatable bonds is 6. The second kappa shape index (κ2) is 6.69. The molecule has 1 aromatic carbocycles. The van der Waals surface area contributed by atoms with Gasteiger partial charge in [-0.1, -0.05) is 0 Å². The Morgan fingerprint density at radius 2 is 2.00 bits per heavy atom. The summed E-state index contributed by atoms with van der Waals surface area (Å²) in [5.41, 5.74) is 2.93. The van der Waals surface area contributed by atoms with Gasteiger partial charge >= 0.3 is 0 Å². The molecular formula is C16H17NO2. The minimum Gasteiger partial charge on any atom is -0.494 e. The van der Waals surface area contributed by atoms with Crippen LogP contribution in [0.15, 0.2) is 42.7 Å². The summed E-state index contributed by atoms with van der Waals surface area (Å²) in [7, 11) is 0. The van der Waals surface area contributed by atoms with Gasteiger partial charge in [-0.25, -0.2) is 0 Å². The Labute approximate surface area is 113 Å². The topological polar surface area (TPSA) is 39.2 Å². The lowest BCUT2D eigenvalue weighted by molar-refractivity contribution is 0.112. The minimum atomic E-state index is 0.669. The Hall–Kier alpha value is -2.16. The lowest BCUT2D eigenvalue weighted by atomic mass is 10.1. The molecule has 2 rings (SSSR count). The van der Waals surface area contributed by atoms with Crippen LogP contribution in [0.3, 0.4) is 0 Å². The van der Waals surface area contributed by atoms with Crippen molar-refractivity contribution in [2.75, 3.05) is 6.61 Å². The molecule has 0 saturated carbocycles. The van der Waals surface area contributed by atoms with Crippen molar-refractivity contribution in [3.8, 4) is 5.75 Å². The van der Waals surface area contributed by atoms with Crippen molar-refractivity contribution < 1.29 is 9.53 Å². The molecule has 2 aromatic rings. The van der Waals surface area contributed by atoms with Crippen molar-refractivity contribution in [3.05, 3.63) is 59.4 Å². The van der Waals surface area contributed by atoms with Crippen LogP contribution in [0.4, 0.5) is 0 Å². The van der Waals surface area contributed by atoms with E-state index in [1.165, 1.54) is 5.56 Å². The van der Waals surface area contributed by atoms with Gasteiger partial charge < -0.3 is 4.74 Å². The van der Waals surface area contributed by atoms with Gasteiger partial charge in [-0.15, -0.1) is 0 Å². The Kier molecular flexibility index (Phi) is 4.67. The smallest absolute Gasteiger partial charge is 0.150 e. The van der Waals surface area contributed by atoms with E-state index in [4.69, 9.17) is 4.74 Å². The van der Waals surface area contributed by atoms with E-state index in [2.05, 4.69) is 4.98 Å². The third-order valence-corrected chi connectivity index (χ3v) is 3.00. The van der Waals surface area contributed by atoms with Crippen LogP contribution in [-0.2, 0) is 6.42 Å². The number of ether oxygens (including phenoxy) is 1. The first kappa shape index (κ1) is 13.3. The Morgan fingerprint density at radius 1 is 1.21 bits per heavy atom. The van der Waals surface area contributed by atoms with E-state index in [9.17, 15) is 4.79 Å². The number of aldehydes is 1. The molecule has 0 aliphatic heterocycles. The van der Waals surface area contributed by atoms with Crippen molar-refractivity contribution in [2.24, 2.45) is 0 Å². The largest absolute Gasteiger partial charge is 0.494 e. The highest BCUT2D eigenvalue weighted by Crippen LogP contribution is 2.16. The molecule has 0 atom stereocenters. The Morgan fingerprint density at radius 3 is 2.68 bits per heavy atom. The van der Waals surface area contributed by atoms with Crippen LogP contribution in [-0.4, -0.2) is 17.9 Å². The standard InChI is InChI=1S/C16H17NO2/c1-13-11-16(5-4-15(13)12-18)19-10-2-3-14-6-8-17-9-7-14/h4-9,11-12H,2-3,10H2,1H3. The molecule has 1 heterocycles. The average Bonchev–Trinajstić information content (AvgIpc) is 2.45. The quantitative estimate of drug-likeness (QED) is 0.587. The first-order chi connectivity index (χ1) is 9.29. The fourth-order valence-corrected chi connectivity index (χ4v) is 1.89. The zero-order chi connectivity index (χ0) is 13.5. The summed E-state index contributed by atoms with van der Waals surface area (Å²) in [5, 5.41) is 0. The molecule has 0 spiro atoms. The highest BCUT2D eigenvalue weighted by Gasteiger charge is 2.00. The molecule has 1 aromatic heterocycles. The molecular weight excluding hydrogens is 238 g/mol. The monoisotopic (exact) mass is 255 g/mol. The molecule has 3 heteroatoms. The molecule has 0 unspecified atom stereocenters. The fraction of sp³-hybridized carbons (Fsp3) is 0.250. The molecule has 0 fully saturated rings. The van der Waals surface area contributed by atoms with E-state index < -0.39 is 0 Å². The maximum Gasteiger partial charge on any atom is 0.150 e. The predicted molar refractivity (Wildman–Crippen MR) is 74.6 cm³/mol. The lowest BCUT2D eigenvalue weighted by Crippen LogP contribution is -2.00. The summed E-state index contributed by atoms with van der Waals surface area (Å²) in [4.78, 5) is 14.7. The normalized spacial score (nSPS) is 10.2. The zero-order valence-corrected chi connectivity index (χ0v) is 11.0. The number of nitrogens with zero attached hydrogens (tertiary/aromatic N) is 1. The highest BCUT2D eigenvalue weighted by molar-refractivity contribution is 5.77. The number of aryl methyl sites for hydroxylation is 2. The Bertz CT molecular complexity index is 538. The van der Waals surface area contributed by atoms with E-state index in [0.717, 1.165) is 30.4 Å². The van der Waals surface area contributed by atoms with E-state index in [1.54, 1.807) is 18.5 Å². The van der Waals surface area contributed by atoms with Crippen LogP contribution in [0.25, 0.3) is 0 Å². The van der Waals surface area contributed by atoms with Crippen LogP contribution in [0.1, 0.15) is 27.9 Å². The van der Waals surface area contributed by atoms with E-state index in [1.807, 2.05) is 31.2 Å². The second-order valence-corrected chi connectivity index (χ2v) is 4.44. The van der Waals surface area contributed by atoms with Crippen molar-refractivity contribution >= 4 is 6.29 Å². The maximum absolute atomic E-state index is 10.7. The van der Waals surface area contributed by atoms with Gasteiger partial charge in [0.15, 0.2) is 0 Å². The number of hydrogen-bond donors (Lipinski definition) is 0. The summed E-state index contributed by atoms with van der Waals surface area (Å²) >= 11 is 0. The fourth-order valence-electron chi connectivity index (χ4n) is 1.89. The van der Waals surface area contributed by atoms with Crippen LogP contribution in [0.2, 0.25) is 0 Å². The molecule has 0 N–H and O–H groups in total. The Balaban J connectivity index is 1.80. The molecule has 0 amide bonds. The lowest BCUT2D eigenvalue weighted by Gasteiger charge is -2.08. The zero-order valence-electron chi connectivity index (χ0n) is 11.0. The summed E-state index contributed by atoms with van der Waals surface area (Å²) in [6, 6.07) is 9.56. The van der Waals surface area contributed by atoms with Crippen molar-refractivity contribution in [1.29, 1.82) is 0 Å². The molecule has 0 bridgehead atoms. The number of carbonyl (C=O) groups excluding carboxylic acids is 1. The molecule has 0 radical (unpaired) electrons. The highest BCUT2D eigenvalue weighted by atomic mass is 16.5. The molecule has 0 saturated heterocycles. The number of aromatic nitrogens is 1. The number of hydrogen-bond acceptors (Lipinski definition) is 3. The second-order valence-electron chi connectivity index (χ2n) is 4.44. The van der Waals surface area contributed by atoms with Crippen molar-refractivity contribution in [2.45, 2.75) is 19.8 Å². The van der Waals surface area contributed by atoms with E-state index >= 15 is 0 Å². The number of pyridine rings is 1. The first-order valence-electron chi connectivity index (χ1n) is 6.37. The third-order valence-electron chi connectivity index (χ3n) is 3.00. The first-order valence-corrected chi connectivity index (χ1v) is 6.37. The number of carbonyl (C=O) groups is 1. The molecule has 0 aliphatic rings. The van der Waals surface area contributed by atoms with Gasteiger partial charge in [-0.05, 0) is 61.2 Å². The molecule has 19 heavy (non-hydrogen) atoms. The van der Waals surface area contributed by atoms with E-state index in [0.29, 0.717) is 12.2 Å². The van der Waals surface area contributed by atoms with Gasteiger partial charge in [-0.3, -0.25) is 9.78 Å². The summed E-state index contributed by atoms with van der Waals surface area (Å²) in [6.45, 7) is 2.58. The van der Waals surface area contributed by atoms with Gasteiger partial charge in [-0.2, -0.15) is 0 Å². The third kappa shape index (κ3) is 3.91. The van der Waals surface area contributed by atoms with Crippen molar-refractivity contribution in [3.63, 3.8) is 0 Å².